The number of hydrogen-bond acceptors (Lipinski definition) is 2. The van der Waals surface area contributed by atoms with Crippen LogP contribution in [0.5, 0.6) is 0 Å². The van der Waals surface area contributed by atoms with Crippen LogP contribution in [0.3, 0.4) is 0 Å². The zero-order valence-corrected chi connectivity index (χ0v) is 8.52. The molecule has 0 saturated carbocycles. The lowest BCUT2D eigenvalue weighted by molar-refractivity contribution is 0.627. The zero-order valence-electron chi connectivity index (χ0n) is 8.52. The Morgan fingerprint density at radius 3 is 3.00 bits per heavy atom. The minimum Gasteiger partial charge on any atom is -0.314 e. The lowest BCUT2D eigenvalue weighted by Crippen LogP contribution is -1.98. The van der Waals surface area contributed by atoms with Gasteiger partial charge < -0.3 is 4.57 Å². The lowest BCUT2D eigenvalue weighted by Gasteiger charge is -2.04. The molecule has 1 aromatic heterocycles. The number of aromatic nitrogens is 3. The molecule has 0 aliphatic carbocycles. The molecule has 78 valence electrons. The van der Waals surface area contributed by atoms with Crippen LogP contribution in [-0.2, 0) is 6.54 Å². The monoisotopic (exact) mass is 205 g/mol. The van der Waals surface area contributed by atoms with Gasteiger partial charge in [-0.1, -0.05) is 19.1 Å². The standard InChI is InChI=1S/C11H12FN3/c1-2-6-15-8-13-14-11(15)9-4-3-5-10(12)7-9/h3-5,7-8H,2,6H2,1H3. The van der Waals surface area contributed by atoms with Gasteiger partial charge in [0.1, 0.15) is 12.1 Å². The van der Waals surface area contributed by atoms with Crippen molar-refractivity contribution in [3.63, 3.8) is 0 Å². The van der Waals surface area contributed by atoms with Crippen LogP contribution in [0.25, 0.3) is 11.4 Å². The molecule has 0 aliphatic heterocycles. The van der Waals surface area contributed by atoms with Crippen LogP contribution in [-0.4, -0.2) is 14.8 Å². The Bertz CT molecular complexity index is 451. The molecule has 2 rings (SSSR count). The summed E-state index contributed by atoms with van der Waals surface area (Å²) in [6, 6.07) is 6.40. The van der Waals surface area contributed by atoms with E-state index >= 15 is 0 Å². The Morgan fingerprint density at radius 1 is 1.40 bits per heavy atom. The molecule has 0 bridgehead atoms. The molecule has 0 atom stereocenters. The van der Waals surface area contributed by atoms with E-state index in [1.165, 1.54) is 12.1 Å². The lowest BCUT2D eigenvalue weighted by atomic mass is 10.2. The third kappa shape index (κ3) is 2.03. The van der Waals surface area contributed by atoms with Crippen molar-refractivity contribution in [2.45, 2.75) is 19.9 Å². The molecule has 0 saturated heterocycles. The fourth-order valence-corrected chi connectivity index (χ4v) is 1.51. The maximum Gasteiger partial charge on any atom is 0.163 e. The van der Waals surface area contributed by atoms with Crippen LogP contribution in [0.2, 0.25) is 0 Å². The molecule has 1 aromatic carbocycles. The van der Waals surface area contributed by atoms with E-state index in [9.17, 15) is 4.39 Å². The van der Waals surface area contributed by atoms with Gasteiger partial charge in [-0.25, -0.2) is 4.39 Å². The Hall–Kier alpha value is -1.71. The summed E-state index contributed by atoms with van der Waals surface area (Å²) < 4.78 is 14.9. The highest BCUT2D eigenvalue weighted by Gasteiger charge is 2.06. The van der Waals surface area contributed by atoms with Gasteiger partial charge in [-0.3, -0.25) is 0 Å². The number of hydrogen-bond donors (Lipinski definition) is 0. The number of nitrogens with zero attached hydrogens (tertiary/aromatic N) is 3. The molecule has 0 amide bonds. The van der Waals surface area contributed by atoms with Gasteiger partial charge in [0.05, 0.1) is 0 Å². The first kappa shape index (κ1) is 9.83. The smallest absolute Gasteiger partial charge is 0.163 e. The number of rotatable bonds is 3. The van der Waals surface area contributed by atoms with E-state index in [-0.39, 0.29) is 5.82 Å². The second kappa shape index (κ2) is 4.21. The van der Waals surface area contributed by atoms with Gasteiger partial charge in [-0.05, 0) is 18.6 Å². The van der Waals surface area contributed by atoms with Gasteiger partial charge in [0, 0.05) is 12.1 Å². The van der Waals surface area contributed by atoms with E-state index < -0.39 is 0 Å². The highest BCUT2D eigenvalue weighted by molar-refractivity contribution is 5.54. The molecule has 1 heterocycles. The summed E-state index contributed by atoms with van der Waals surface area (Å²) >= 11 is 0. The molecule has 0 fully saturated rings. The molecule has 2 aromatic rings. The van der Waals surface area contributed by atoms with E-state index in [0.717, 1.165) is 24.4 Å². The first-order valence-corrected chi connectivity index (χ1v) is 4.95. The average molecular weight is 205 g/mol. The number of benzene rings is 1. The number of aryl methyl sites for hydroxylation is 1. The molecule has 0 spiro atoms. The van der Waals surface area contributed by atoms with Crippen molar-refractivity contribution in [1.82, 2.24) is 14.8 Å². The Labute approximate surface area is 87.6 Å². The van der Waals surface area contributed by atoms with Crippen LogP contribution in [0, 0.1) is 5.82 Å². The Balaban J connectivity index is 2.40. The van der Waals surface area contributed by atoms with E-state index in [1.54, 1.807) is 12.4 Å². The zero-order chi connectivity index (χ0) is 10.7. The predicted octanol–water partition coefficient (Wildman–Crippen LogP) is 2.49. The summed E-state index contributed by atoms with van der Waals surface area (Å²) in [4.78, 5) is 0. The molecule has 0 aliphatic rings. The van der Waals surface area contributed by atoms with Gasteiger partial charge in [0.25, 0.3) is 0 Å². The van der Waals surface area contributed by atoms with Crippen LogP contribution in [0.1, 0.15) is 13.3 Å². The van der Waals surface area contributed by atoms with E-state index in [0.29, 0.717) is 0 Å². The van der Waals surface area contributed by atoms with Crippen molar-refractivity contribution in [3.05, 3.63) is 36.4 Å². The Morgan fingerprint density at radius 2 is 2.27 bits per heavy atom. The molecule has 3 nitrogen and oxygen atoms in total. The van der Waals surface area contributed by atoms with Gasteiger partial charge in [0.15, 0.2) is 5.82 Å². The molecule has 0 unspecified atom stereocenters. The van der Waals surface area contributed by atoms with Crippen LogP contribution in [0.4, 0.5) is 4.39 Å². The molecule has 4 heteroatoms. The van der Waals surface area contributed by atoms with Crippen LogP contribution < -0.4 is 0 Å². The van der Waals surface area contributed by atoms with E-state index in [4.69, 9.17) is 0 Å². The number of halogens is 1. The van der Waals surface area contributed by atoms with Crippen molar-refractivity contribution in [2.24, 2.45) is 0 Å². The normalized spacial score (nSPS) is 10.5. The quantitative estimate of drug-likeness (QED) is 0.770. The summed E-state index contributed by atoms with van der Waals surface area (Å²) in [6.07, 6.45) is 2.67. The molecule has 0 N–H and O–H groups in total. The van der Waals surface area contributed by atoms with Gasteiger partial charge in [-0.15, -0.1) is 10.2 Å². The average Bonchev–Trinajstić information content (AvgIpc) is 2.66. The van der Waals surface area contributed by atoms with Crippen molar-refractivity contribution >= 4 is 0 Å². The van der Waals surface area contributed by atoms with Crippen LogP contribution >= 0.6 is 0 Å². The molecule has 0 radical (unpaired) electrons. The van der Waals surface area contributed by atoms with Gasteiger partial charge in [0.2, 0.25) is 0 Å². The van der Waals surface area contributed by atoms with Crippen molar-refractivity contribution in [1.29, 1.82) is 0 Å². The highest BCUT2D eigenvalue weighted by Crippen LogP contribution is 2.17. The Kier molecular flexibility index (Phi) is 2.76. The maximum atomic E-state index is 13.0. The predicted molar refractivity (Wildman–Crippen MR) is 55.7 cm³/mol. The molecular formula is C11H12FN3. The minimum absolute atomic E-state index is 0.251. The van der Waals surface area contributed by atoms with Gasteiger partial charge >= 0.3 is 0 Å². The minimum atomic E-state index is -0.251. The summed E-state index contributed by atoms with van der Waals surface area (Å²) in [5.41, 5.74) is 0.765. The highest BCUT2D eigenvalue weighted by atomic mass is 19.1. The third-order valence-electron chi connectivity index (χ3n) is 2.16. The van der Waals surface area contributed by atoms with E-state index in [2.05, 4.69) is 17.1 Å². The second-order valence-electron chi connectivity index (χ2n) is 3.36. The fourth-order valence-electron chi connectivity index (χ4n) is 1.51. The fraction of sp³-hybridized carbons (Fsp3) is 0.273. The largest absolute Gasteiger partial charge is 0.314 e. The maximum absolute atomic E-state index is 13.0. The third-order valence-corrected chi connectivity index (χ3v) is 2.16. The summed E-state index contributed by atoms with van der Waals surface area (Å²) in [6.45, 7) is 2.92. The first-order chi connectivity index (χ1) is 7.31. The van der Waals surface area contributed by atoms with Crippen molar-refractivity contribution in [2.75, 3.05) is 0 Å². The van der Waals surface area contributed by atoms with E-state index in [1.807, 2.05) is 10.6 Å². The summed E-state index contributed by atoms with van der Waals surface area (Å²) in [7, 11) is 0. The molecular weight excluding hydrogens is 193 g/mol. The van der Waals surface area contributed by atoms with Crippen molar-refractivity contribution in [3.8, 4) is 11.4 Å². The SMILES string of the molecule is CCCn1cnnc1-c1cccc(F)c1. The molecule has 15 heavy (non-hydrogen) atoms. The van der Waals surface area contributed by atoms with Crippen molar-refractivity contribution < 1.29 is 4.39 Å². The topological polar surface area (TPSA) is 30.7 Å². The second-order valence-corrected chi connectivity index (χ2v) is 3.36. The van der Waals surface area contributed by atoms with Gasteiger partial charge in [-0.2, -0.15) is 0 Å². The summed E-state index contributed by atoms with van der Waals surface area (Å²) in [5.74, 6) is 0.467. The first-order valence-electron chi connectivity index (χ1n) is 4.95. The van der Waals surface area contributed by atoms with Crippen LogP contribution in [0.15, 0.2) is 30.6 Å². The summed E-state index contributed by atoms with van der Waals surface area (Å²) in [5, 5.41) is 7.83.